The third kappa shape index (κ3) is 2.44. The molecule has 2 heterocycles. The quantitative estimate of drug-likeness (QED) is 0.763. The first-order valence-electron chi connectivity index (χ1n) is 4.78. The van der Waals surface area contributed by atoms with Crippen molar-refractivity contribution in [1.82, 2.24) is 4.98 Å². The fourth-order valence-corrected chi connectivity index (χ4v) is 1.50. The fourth-order valence-electron chi connectivity index (χ4n) is 1.50. The molecule has 0 aromatic carbocycles. The second-order valence-corrected chi connectivity index (χ2v) is 3.35. The van der Waals surface area contributed by atoms with Crippen LogP contribution in [-0.4, -0.2) is 29.2 Å². The lowest BCUT2D eigenvalue weighted by molar-refractivity contribution is -0.134. The van der Waals surface area contributed by atoms with Crippen LogP contribution in [0.5, 0.6) is 0 Å². The Morgan fingerprint density at radius 2 is 2.47 bits per heavy atom. The zero-order chi connectivity index (χ0) is 10.7. The molecule has 1 aliphatic heterocycles. The molecule has 1 aromatic rings. The molecule has 80 valence electrons. The van der Waals surface area contributed by atoms with Crippen LogP contribution >= 0.6 is 0 Å². The van der Waals surface area contributed by atoms with Crippen molar-refractivity contribution in [2.75, 3.05) is 18.5 Å². The summed E-state index contributed by atoms with van der Waals surface area (Å²) in [4.78, 5) is 14.6. The summed E-state index contributed by atoms with van der Waals surface area (Å²) in [5.41, 5.74) is 2.08. The van der Waals surface area contributed by atoms with E-state index in [1.54, 1.807) is 6.07 Å². The number of hydrogen-bond acceptors (Lipinski definition) is 4. The van der Waals surface area contributed by atoms with Gasteiger partial charge < -0.3 is 15.2 Å². The fraction of sp³-hybridized carbons (Fsp3) is 0.400. The van der Waals surface area contributed by atoms with Gasteiger partial charge in [-0.25, -0.2) is 4.98 Å². The lowest BCUT2D eigenvalue weighted by Gasteiger charge is -2.16. The smallest absolute Gasteiger partial charge is 0.322 e. The Kier molecular flexibility index (Phi) is 2.82. The van der Waals surface area contributed by atoms with E-state index in [2.05, 4.69) is 10.3 Å². The Hall–Kier alpha value is -1.62. The van der Waals surface area contributed by atoms with E-state index in [9.17, 15) is 4.79 Å². The van der Waals surface area contributed by atoms with Gasteiger partial charge in [0.05, 0.1) is 18.9 Å². The molecule has 0 bridgehead atoms. The molecule has 0 saturated carbocycles. The Labute approximate surface area is 87.1 Å². The maximum absolute atomic E-state index is 10.3. The van der Waals surface area contributed by atoms with Gasteiger partial charge in [-0.3, -0.25) is 4.79 Å². The summed E-state index contributed by atoms with van der Waals surface area (Å²) in [6.07, 6.45) is 0.877. The molecule has 5 heteroatoms. The third-order valence-electron chi connectivity index (χ3n) is 2.24. The number of ether oxygens (including phenoxy) is 1. The van der Waals surface area contributed by atoms with Gasteiger partial charge in [-0.2, -0.15) is 0 Å². The summed E-state index contributed by atoms with van der Waals surface area (Å²) in [5, 5.41) is 11.2. The highest BCUT2D eigenvalue weighted by Crippen LogP contribution is 2.16. The number of carbonyl (C=O) groups is 1. The highest BCUT2D eigenvalue weighted by Gasteiger charge is 2.11. The molecule has 0 aliphatic carbocycles. The zero-order valence-electron chi connectivity index (χ0n) is 8.19. The van der Waals surface area contributed by atoms with E-state index in [1.807, 2.05) is 6.07 Å². The molecule has 0 amide bonds. The maximum atomic E-state index is 10.3. The number of pyridine rings is 1. The van der Waals surface area contributed by atoms with E-state index in [0.29, 0.717) is 12.4 Å². The van der Waals surface area contributed by atoms with E-state index in [-0.39, 0.29) is 6.54 Å². The molecule has 5 nitrogen and oxygen atoms in total. The van der Waals surface area contributed by atoms with Crippen molar-refractivity contribution in [2.24, 2.45) is 0 Å². The summed E-state index contributed by atoms with van der Waals surface area (Å²) in [5.74, 6) is -0.313. The largest absolute Gasteiger partial charge is 0.480 e. The van der Waals surface area contributed by atoms with Crippen LogP contribution < -0.4 is 5.32 Å². The van der Waals surface area contributed by atoms with Crippen molar-refractivity contribution in [3.63, 3.8) is 0 Å². The molecule has 2 rings (SSSR count). The van der Waals surface area contributed by atoms with Gasteiger partial charge in [-0.1, -0.05) is 6.07 Å². The van der Waals surface area contributed by atoms with Gasteiger partial charge in [0.15, 0.2) is 0 Å². The van der Waals surface area contributed by atoms with Crippen molar-refractivity contribution < 1.29 is 14.6 Å². The van der Waals surface area contributed by atoms with E-state index < -0.39 is 5.97 Å². The molecule has 15 heavy (non-hydrogen) atoms. The summed E-state index contributed by atoms with van der Waals surface area (Å²) < 4.78 is 5.27. The van der Waals surface area contributed by atoms with Crippen molar-refractivity contribution in [2.45, 2.75) is 13.0 Å². The molecule has 0 atom stereocenters. The number of aromatic nitrogens is 1. The standard InChI is InChI=1S/C10H12N2O3/c13-10(14)5-11-9-2-1-7-3-4-15-6-8(7)12-9/h1-2H,3-6H2,(H,11,12)(H,13,14). The molecular weight excluding hydrogens is 196 g/mol. The van der Waals surface area contributed by atoms with Crippen LogP contribution in [0.25, 0.3) is 0 Å². The highest BCUT2D eigenvalue weighted by atomic mass is 16.5. The Balaban J connectivity index is 2.10. The highest BCUT2D eigenvalue weighted by molar-refractivity contribution is 5.72. The van der Waals surface area contributed by atoms with Gasteiger partial charge in [0.2, 0.25) is 0 Å². The SMILES string of the molecule is O=C(O)CNc1ccc2c(n1)COCC2. The molecular formula is C10H12N2O3. The number of aliphatic carboxylic acids is 1. The normalized spacial score (nSPS) is 14.4. The van der Waals surface area contributed by atoms with Crippen LogP contribution in [0.15, 0.2) is 12.1 Å². The number of rotatable bonds is 3. The van der Waals surface area contributed by atoms with Crippen molar-refractivity contribution in [3.8, 4) is 0 Å². The minimum absolute atomic E-state index is 0.118. The number of nitrogens with one attached hydrogen (secondary N) is 1. The molecule has 2 N–H and O–H groups in total. The summed E-state index contributed by atoms with van der Waals surface area (Å²) in [7, 11) is 0. The summed E-state index contributed by atoms with van der Waals surface area (Å²) in [6.45, 7) is 1.13. The predicted molar refractivity (Wildman–Crippen MR) is 53.7 cm³/mol. The Morgan fingerprint density at radius 3 is 3.27 bits per heavy atom. The van der Waals surface area contributed by atoms with Gasteiger partial charge in [-0.05, 0) is 18.1 Å². The minimum atomic E-state index is -0.897. The molecule has 0 fully saturated rings. The average molecular weight is 208 g/mol. The number of carboxylic acid groups (broad SMARTS) is 1. The first-order valence-corrected chi connectivity index (χ1v) is 4.78. The average Bonchev–Trinajstić information content (AvgIpc) is 2.26. The van der Waals surface area contributed by atoms with Gasteiger partial charge in [0.1, 0.15) is 12.4 Å². The molecule has 0 unspecified atom stereocenters. The first kappa shape index (κ1) is 9.92. The van der Waals surface area contributed by atoms with Crippen LogP contribution in [0.1, 0.15) is 11.3 Å². The minimum Gasteiger partial charge on any atom is -0.480 e. The number of carboxylic acids is 1. The zero-order valence-corrected chi connectivity index (χ0v) is 8.19. The molecule has 1 aliphatic rings. The van der Waals surface area contributed by atoms with Gasteiger partial charge in [0, 0.05) is 0 Å². The molecule has 0 saturated heterocycles. The lowest BCUT2D eigenvalue weighted by Crippen LogP contribution is -2.16. The van der Waals surface area contributed by atoms with Crippen molar-refractivity contribution in [1.29, 1.82) is 0 Å². The number of anilines is 1. The molecule has 1 aromatic heterocycles. The van der Waals surface area contributed by atoms with Gasteiger partial charge in [0.25, 0.3) is 0 Å². The van der Waals surface area contributed by atoms with E-state index in [0.717, 1.165) is 18.7 Å². The summed E-state index contributed by atoms with van der Waals surface area (Å²) >= 11 is 0. The van der Waals surface area contributed by atoms with Crippen molar-refractivity contribution in [3.05, 3.63) is 23.4 Å². The lowest BCUT2D eigenvalue weighted by atomic mass is 10.1. The molecule has 0 radical (unpaired) electrons. The van der Waals surface area contributed by atoms with E-state index in [4.69, 9.17) is 9.84 Å². The van der Waals surface area contributed by atoms with Crippen LogP contribution in [0.3, 0.4) is 0 Å². The molecule has 0 spiro atoms. The van der Waals surface area contributed by atoms with Crippen molar-refractivity contribution >= 4 is 11.8 Å². The second kappa shape index (κ2) is 4.27. The number of fused-ring (bicyclic) bond motifs is 1. The third-order valence-corrected chi connectivity index (χ3v) is 2.24. The second-order valence-electron chi connectivity index (χ2n) is 3.35. The van der Waals surface area contributed by atoms with Crippen LogP contribution in [0.2, 0.25) is 0 Å². The van der Waals surface area contributed by atoms with E-state index >= 15 is 0 Å². The van der Waals surface area contributed by atoms with Crippen LogP contribution in [-0.2, 0) is 22.6 Å². The van der Waals surface area contributed by atoms with Gasteiger partial charge in [-0.15, -0.1) is 0 Å². The van der Waals surface area contributed by atoms with Gasteiger partial charge >= 0.3 is 5.97 Å². The topological polar surface area (TPSA) is 71.5 Å². The number of nitrogens with zero attached hydrogens (tertiary/aromatic N) is 1. The predicted octanol–water partition coefficient (Wildman–Crippen LogP) is 0.651. The summed E-state index contributed by atoms with van der Waals surface area (Å²) in [6, 6.07) is 3.77. The number of hydrogen-bond donors (Lipinski definition) is 2. The Morgan fingerprint density at radius 1 is 1.60 bits per heavy atom. The first-order chi connectivity index (χ1) is 7.25. The van der Waals surface area contributed by atoms with Crippen LogP contribution in [0.4, 0.5) is 5.82 Å². The maximum Gasteiger partial charge on any atom is 0.322 e. The Bertz CT molecular complexity index is 379. The monoisotopic (exact) mass is 208 g/mol. The van der Waals surface area contributed by atoms with Crippen LogP contribution in [0, 0.1) is 0 Å². The van der Waals surface area contributed by atoms with E-state index in [1.165, 1.54) is 5.56 Å².